The molecule has 10 aromatic heterocycles. The molecule has 0 fully saturated rings. The van der Waals surface area contributed by atoms with Crippen LogP contribution >= 0.6 is 0 Å². The second-order valence-corrected chi connectivity index (χ2v) is 28.2. The van der Waals surface area contributed by atoms with E-state index in [2.05, 4.69) is 119 Å². The van der Waals surface area contributed by atoms with Crippen molar-refractivity contribution in [3.05, 3.63) is 413 Å². The molecule has 0 aliphatic carbocycles. The molecular formula is C104H68N16. The van der Waals surface area contributed by atoms with E-state index < -0.39 is 0 Å². The maximum absolute atomic E-state index is 5.14. The molecule has 0 atom stereocenters. The molecule has 0 aliphatic rings. The quantitative estimate of drug-likeness (QED) is 0.0783. The molecule has 20 rings (SSSR count). The Morgan fingerprint density at radius 1 is 0.100 bits per heavy atom. The summed E-state index contributed by atoms with van der Waals surface area (Å²) in [6.45, 7) is 0. The summed E-state index contributed by atoms with van der Waals surface area (Å²) in [5, 5.41) is 0. The van der Waals surface area contributed by atoms with E-state index in [1.807, 2.05) is 279 Å². The molecular weight excluding hydrogens is 1470 g/mol. The molecule has 0 unspecified atom stereocenters. The van der Waals surface area contributed by atoms with Gasteiger partial charge in [-0.15, -0.1) is 0 Å². The third kappa shape index (κ3) is 16.7. The van der Waals surface area contributed by atoms with Crippen molar-refractivity contribution in [2.45, 2.75) is 0 Å². The molecule has 0 amide bonds. The van der Waals surface area contributed by atoms with Gasteiger partial charge in [-0.2, -0.15) is 0 Å². The third-order valence-electron chi connectivity index (χ3n) is 20.1. The van der Waals surface area contributed by atoms with Gasteiger partial charge in [0.25, 0.3) is 0 Å². The van der Waals surface area contributed by atoms with Gasteiger partial charge in [-0.1, -0.05) is 297 Å². The van der Waals surface area contributed by atoms with Gasteiger partial charge in [0.2, 0.25) is 0 Å². The first-order valence-electron chi connectivity index (χ1n) is 39.2. The number of pyridine rings is 6. The van der Waals surface area contributed by atoms with E-state index in [9.17, 15) is 0 Å². The van der Waals surface area contributed by atoms with Crippen LogP contribution in [0.5, 0.6) is 0 Å². The van der Waals surface area contributed by atoms with Gasteiger partial charge >= 0.3 is 0 Å². The second-order valence-electron chi connectivity index (χ2n) is 28.2. The number of rotatable bonds is 18. The number of aromatic nitrogens is 16. The predicted molar refractivity (Wildman–Crippen MR) is 475 cm³/mol. The molecule has 0 N–H and O–H groups in total. The Balaban J connectivity index is 0.000000159. The van der Waals surface area contributed by atoms with E-state index in [4.69, 9.17) is 69.8 Å². The lowest BCUT2D eigenvalue weighted by Crippen LogP contribution is -2.00. The Morgan fingerprint density at radius 2 is 0.333 bits per heavy atom. The Bertz CT molecular complexity index is 6550. The molecule has 20 aromatic rings. The highest BCUT2D eigenvalue weighted by molar-refractivity contribution is 5.83. The van der Waals surface area contributed by atoms with Crippen LogP contribution in [0.4, 0.5) is 0 Å². The maximum Gasteiger partial charge on any atom is 0.164 e. The Labute approximate surface area is 692 Å². The summed E-state index contributed by atoms with van der Waals surface area (Å²) in [5.41, 5.74) is 23.9. The van der Waals surface area contributed by atoms with Crippen LogP contribution in [0.15, 0.2) is 413 Å². The lowest BCUT2D eigenvalue weighted by atomic mass is 10.00. The average Bonchev–Trinajstić information content (AvgIpc) is 0.788. The summed E-state index contributed by atoms with van der Waals surface area (Å²) >= 11 is 0. The zero-order valence-electron chi connectivity index (χ0n) is 64.4. The minimum Gasteiger partial charge on any atom is -0.255 e. The van der Waals surface area contributed by atoms with Gasteiger partial charge in [-0.05, 0) is 113 Å². The molecule has 10 aromatic carbocycles. The fourth-order valence-electron chi connectivity index (χ4n) is 14.1. The van der Waals surface area contributed by atoms with Gasteiger partial charge < -0.3 is 0 Å². The van der Waals surface area contributed by atoms with Crippen LogP contribution < -0.4 is 0 Å². The number of hydrogen-bond donors (Lipinski definition) is 0. The summed E-state index contributed by atoms with van der Waals surface area (Å²) in [5.74, 6) is 4.80. The van der Waals surface area contributed by atoms with Crippen molar-refractivity contribution in [3.63, 3.8) is 0 Å². The minimum absolute atomic E-state index is 0.575. The van der Waals surface area contributed by atoms with Crippen LogP contribution in [-0.4, -0.2) is 79.7 Å². The molecule has 16 heteroatoms. The van der Waals surface area contributed by atoms with Crippen molar-refractivity contribution in [2.24, 2.45) is 0 Å². The average molecular weight is 1540 g/mol. The van der Waals surface area contributed by atoms with Gasteiger partial charge in [0.15, 0.2) is 46.6 Å². The molecule has 0 spiro atoms. The molecule has 0 saturated carbocycles. The van der Waals surface area contributed by atoms with Gasteiger partial charge in [-0.3, -0.25) is 19.9 Å². The number of hydrogen-bond acceptors (Lipinski definition) is 16. The smallest absolute Gasteiger partial charge is 0.164 e. The van der Waals surface area contributed by atoms with E-state index in [0.29, 0.717) is 75.1 Å². The van der Waals surface area contributed by atoms with Crippen molar-refractivity contribution in [2.75, 3.05) is 0 Å². The first-order valence-corrected chi connectivity index (χ1v) is 39.2. The lowest BCUT2D eigenvalue weighted by Gasteiger charge is -2.12. The van der Waals surface area contributed by atoms with Crippen LogP contribution in [-0.2, 0) is 0 Å². The molecule has 0 aliphatic heterocycles. The van der Waals surface area contributed by atoms with E-state index >= 15 is 0 Å². The summed E-state index contributed by atoms with van der Waals surface area (Å²) < 4.78 is 0. The zero-order chi connectivity index (χ0) is 80.2. The largest absolute Gasteiger partial charge is 0.255 e. The van der Waals surface area contributed by atoms with Crippen molar-refractivity contribution in [1.82, 2.24) is 79.7 Å². The van der Waals surface area contributed by atoms with Crippen LogP contribution in [0.1, 0.15) is 0 Å². The highest BCUT2D eigenvalue weighted by Gasteiger charge is 2.21. The summed E-state index contributed by atoms with van der Waals surface area (Å²) in [4.78, 5) is 79.1. The first-order chi connectivity index (χ1) is 59.4. The summed E-state index contributed by atoms with van der Waals surface area (Å²) in [6.07, 6.45) is 7.13. The monoisotopic (exact) mass is 1540 g/mol. The maximum atomic E-state index is 5.14. The fourth-order valence-corrected chi connectivity index (χ4v) is 14.1. The van der Waals surface area contributed by atoms with E-state index in [1.165, 1.54) is 0 Å². The standard InChI is InChI=1S/2C52H34N8/c1-5-16-35(17-6-1)44-34-45(36-18-7-2-8-19-36)57-51(56-44)41-27-29-54-46(31-41)48-33-42(32-47(55-48)43-26-13-14-28-53-43)39-24-15-25-40(30-39)52-59-49(37-20-9-3-10-21-37)58-50(60-52)38-22-11-4-12-23-38;1-5-15-36(16-6-1)44-34-45(37-17-7-2-8-18-37)57-52(56-44)41-28-30-54-46(31-41)48-33-42(32-47(55-48)43-23-13-14-29-53-43)35-24-26-40(27-25-35)51-59-49(38-19-9-3-10-20-38)58-50(60-51)39-21-11-4-12-22-39/h2*1-34H. The topological polar surface area (TPSA) is 206 Å². The van der Waals surface area contributed by atoms with E-state index in [-0.39, 0.29) is 0 Å². The molecule has 10 heterocycles. The molecule has 564 valence electrons. The zero-order valence-corrected chi connectivity index (χ0v) is 64.4. The third-order valence-corrected chi connectivity index (χ3v) is 20.1. The predicted octanol–water partition coefficient (Wildman–Crippen LogP) is 23.7. The van der Waals surface area contributed by atoms with E-state index in [0.717, 1.165) is 129 Å². The number of benzene rings is 10. The van der Waals surface area contributed by atoms with Gasteiger partial charge in [0.05, 0.1) is 68.3 Å². The lowest BCUT2D eigenvalue weighted by molar-refractivity contribution is 1.07. The minimum atomic E-state index is 0.575. The number of nitrogens with zero attached hydrogens (tertiary/aromatic N) is 16. The van der Waals surface area contributed by atoms with Gasteiger partial charge in [0, 0.05) is 91.5 Å². The van der Waals surface area contributed by atoms with Crippen molar-refractivity contribution >= 4 is 0 Å². The van der Waals surface area contributed by atoms with Gasteiger partial charge in [0.1, 0.15) is 0 Å². The summed E-state index contributed by atoms with van der Waals surface area (Å²) in [6, 6.07) is 129. The van der Waals surface area contributed by atoms with Crippen molar-refractivity contribution in [1.29, 1.82) is 0 Å². The molecule has 120 heavy (non-hydrogen) atoms. The van der Waals surface area contributed by atoms with Crippen LogP contribution in [0, 0.1) is 0 Å². The fraction of sp³-hybridized carbons (Fsp3) is 0. The first kappa shape index (κ1) is 73.5. The molecule has 0 radical (unpaired) electrons. The molecule has 0 bridgehead atoms. The Kier molecular flexibility index (Phi) is 20.9. The van der Waals surface area contributed by atoms with Gasteiger partial charge in [-0.25, -0.2) is 59.8 Å². The van der Waals surface area contributed by atoms with Crippen molar-refractivity contribution in [3.8, 4) is 204 Å². The second kappa shape index (κ2) is 34.1. The molecule has 16 nitrogen and oxygen atoms in total. The SMILES string of the molecule is c1ccc(-c2cc(-c3ccccc3)nc(-c3ccnc(-c4cc(-c5ccc(-c6nc(-c7ccccc7)nc(-c7ccccc7)n6)cc5)cc(-c5ccccn5)n4)c3)n2)cc1.c1ccc(-c2cc(-c3ccccc3)nc(-c3ccnc(-c4cc(-c5cccc(-c6nc(-c7ccccc7)nc(-c7ccccc7)n6)c5)cc(-c5ccccn5)n4)c3)n2)cc1. The van der Waals surface area contributed by atoms with Crippen LogP contribution in [0.2, 0.25) is 0 Å². The normalized spacial score (nSPS) is 11.0. The van der Waals surface area contributed by atoms with Crippen molar-refractivity contribution < 1.29 is 0 Å². The van der Waals surface area contributed by atoms with E-state index in [1.54, 1.807) is 24.8 Å². The highest BCUT2D eigenvalue weighted by Crippen LogP contribution is 2.38. The Morgan fingerprint density at radius 3 is 0.658 bits per heavy atom. The Hall–Kier alpha value is -16.7. The summed E-state index contributed by atoms with van der Waals surface area (Å²) in [7, 11) is 0. The van der Waals surface area contributed by atoms with Crippen LogP contribution in [0.25, 0.3) is 204 Å². The van der Waals surface area contributed by atoms with Crippen LogP contribution in [0.3, 0.4) is 0 Å². The highest BCUT2D eigenvalue weighted by atomic mass is 15.0. The molecule has 0 saturated heterocycles.